The summed E-state index contributed by atoms with van der Waals surface area (Å²) in [5.41, 5.74) is 0.156. The highest BCUT2D eigenvalue weighted by atomic mass is 16.6. The minimum atomic E-state index is -0.848. The number of anilines is 1. The van der Waals surface area contributed by atoms with Crippen molar-refractivity contribution in [3.8, 4) is 5.75 Å². The summed E-state index contributed by atoms with van der Waals surface area (Å²) < 4.78 is 9.82. The van der Waals surface area contributed by atoms with Gasteiger partial charge in [-0.25, -0.2) is 4.79 Å². The van der Waals surface area contributed by atoms with Crippen LogP contribution in [0.4, 0.5) is 11.4 Å². The molecule has 3 aromatic rings. The number of esters is 1. The lowest BCUT2D eigenvalue weighted by Gasteiger charge is -2.08. The average molecular weight is 380 g/mol. The van der Waals surface area contributed by atoms with Crippen LogP contribution in [0.15, 0.2) is 60.7 Å². The molecule has 0 radical (unpaired) electrons. The van der Waals surface area contributed by atoms with Crippen LogP contribution in [-0.2, 0) is 9.53 Å². The fraction of sp³-hybridized carbons (Fsp3) is 0.100. The Hall–Kier alpha value is -3.94. The molecule has 1 N–H and O–H groups in total. The number of nitro benzene ring substituents is 1. The number of methoxy groups -OCH3 is 1. The number of carbonyl (C=O) groups excluding carboxylic acids is 2. The molecule has 1 amide bonds. The van der Waals surface area contributed by atoms with E-state index in [-0.39, 0.29) is 17.0 Å². The quantitative estimate of drug-likeness (QED) is 0.398. The number of nitrogens with zero attached hydrogens (tertiary/aromatic N) is 1. The van der Waals surface area contributed by atoms with Crippen LogP contribution in [0.3, 0.4) is 0 Å². The molecule has 0 aliphatic carbocycles. The number of ether oxygens (including phenoxy) is 2. The van der Waals surface area contributed by atoms with Crippen LogP contribution in [0, 0.1) is 10.1 Å². The number of nitrogens with one attached hydrogen (secondary N) is 1. The summed E-state index contributed by atoms with van der Waals surface area (Å²) in [6, 6.07) is 16.8. The first-order chi connectivity index (χ1) is 13.5. The Balaban J connectivity index is 1.63. The molecule has 8 nitrogen and oxygen atoms in total. The van der Waals surface area contributed by atoms with Crippen LogP contribution >= 0.6 is 0 Å². The van der Waals surface area contributed by atoms with Gasteiger partial charge in [0.05, 0.1) is 17.6 Å². The van der Waals surface area contributed by atoms with Crippen LogP contribution in [0.1, 0.15) is 10.4 Å². The Morgan fingerprint density at radius 1 is 1.04 bits per heavy atom. The first kappa shape index (κ1) is 18.8. The molecule has 142 valence electrons. The summed E-state index contributed by atoms with van der Waals surface area (Å²) >= 11 is 0. The van der Waals surface area contributed by atoms with Gasteiger partial charge in [-0.1, -0.05) is 30.3 Å². The number of carbonyl (C=O) groups is 2. The van der Waals surface area contributed by atoms with Crippen molar-refractivity contribution in [2.75, 3.05) is 19.0 Å². The number of benzene rings is 3. The van der Waals surface area contributed by atoms with Crippen molar-refractivity contribution in [2.45, 2.75) is 0 Å². The Morgan fingerprint density at radius 3 is 2.50 bits per heavy atom. The molecule has 3 rings (SSSR count). The molecule has 0 aromatic heterocycles. The van der Waals surface area contributed by atoms with Gasteiger partial charge in [0.2, 0.25) is 0 Å². The molecule has 8 heteroatoms. The second-order valence-electron chi connectivity index (χ2n) is 5.83. The van der Waals surface area contributed by atoms with E-state index in [2.05, 4.69) is 5.32 Å². The predicted octanol–water partition coefficient (Wildman–Crippen LogP) is 3.55. The molecule has 0 atom stereocenters. The van der Waals surface area contributed by atoms with E-state index in [9.17, 15) is 19.7 Å². The maximum Gasteiger partial charge on any atom is 0.338 e. The molecule has 0 unspecified atom stereocenters. The molecule has 0 aliphatic rings. The summed E-state index contributed by atoms with van der Waals surface area (Å²) in [4.78, 5) is 34.5. The second-order valence-corrected chi connectivity index (χ2v) is 5.83. The van der Waals surface area contributed by atoms with Crippen molar-refractivity contribution in [2.24, 2.45) is 0 Å². The molecule has 0 saturated heterocycles. The number of hydrogen-bond donors (Lipinski definition) is 1. The van der Waals surface area contributed by atoms with E-state index >= 15 is 0 Å². The van der Waals surface area contributed by atoms with Gasteiger partial charge in [-0.15, -0.1) is 0 Å². The lowest BCUT2D eigenvalue weighted by molar-refractivity contribution is -0.385. The van der Waals surface area contributed by atoms with Crippen LogP contribution in [0.5, 0.6) is 5.75 Å². The number of nitro groups is 1. The largest absolute Gasteiger partial charge is 0.490 e. The molecule has 0 bridgehead atoms. The van der Waals surface area contributed by atoms with Crippen molar-refractivity contribution >= 4 is 34.0 Å². The van der Waals surface area contributed by atoms with Crippen LogP contribution < -0.4 is 10.1 Å². The van der Waals surface area contributed by atoms with Gasteiger partial charge in [0.15, 0.2) is 12.4 Å². The molecule has 0 saturated carbocycles. The molecule has 0 fully saturated rings. The second kappa shape index (κ2) is 8.17. The topological polar surface area (TPSA) is 108 Å². The number of rotatable bonds is 6. The van der Waals surface area contributed by atoms with Gasteiger partial charge in [-0.3, -0.25) is 14.9 Å². The fourth-order valence-electron chi connectivity index (χ4n) is 2.64. The summed E-state index contributed by atoms with van der Waals surface area (Å²) in [6.07, 6.45) is 0. The third-order valence-corrected chi connectivity index (χ3v) is 3.98. The van der Waals surface area contributed by atoms with E-state index in [0.717, 1.165) is 16.8 Å². The van der Waals surface area contributed by atoms with Gasteiger partial charge in [0.25, 0.3) is 5.91 Å². The maximum absolute atomic E-state index is 12.1. The Morgan fingerprint density at radius 2 is 1.79 bits per heavy atom. The van der Waals surface area contributed by atoms with Gasteiger partial charge in [0.1, 0.15) is 0 Å². The highest BCUT2D eigenvalue weighted by Gasteiger charge is 2.19. The predicted molar refractivity (Wildman–Crippen MR) is 103 cm³/mol. The third-order valence-electron chi connectivity index (χ3n) is 3.98. The van der Waals surface area contributed by atoms with E-state index < -0.39 is 23.4 Å². The fourth-order valence-corrected chi connectivity index (χ4v) is 2.64. The van der Waals surface area contributed by atoms with Crippen molar-refractivity contribution in [1.29, 1.82) is 0 Å². The molecular formula is C20H16N2O6. The molecule has 0 heterocycles. The summed E-state index contributed by atoms with van der Waals surface area (Å²) in [5, 5.41) is 15.7. The van der Waals surface area contributed by atoms with Crippen LogP contribution in [0.25, 0.3) is 10.8 Å². The van der Waals surface area contributed by atoms with Gasteiger partial charge < -0.3 is 14.8 Å². The summed E-state index contributed by atoms with van der Waals surface area (Å²) in [5.74, 6) is -1.35. The molecule has 0 aliphatic heterocycles. The van der Waals surface area contributed by atoms with Crippen molar-refractivity contribution < 1.29 is 24.0 Å². The zero-order valence-corrected chi connectivity index (χ0v) is 14.9. The van der Waals surface area contributed by atoms with E-state index in [1.807, 2.05) is 36.4 Å². The van der Waals surface area contributed by atoms with Crippen LogP contribution in [-0.4, -0.2) is 30.5 Å². The summed E-state index contributed by atoms with van der Waals surface area (Å²) in [6.45, 7) is -0.522. The highest BCUT2D eigenvalue weighted by molar-refractivity contribution is 5.97. The molecule has 0 spiro atoms. The zero-order chi connectivity index (χ0) is 20.1. The lowest BCUT2D eigenvalue weighted by Crippen LogP contribution is -2.21. The minimum absolute atomic E-state index is 0.0237. The van der Waals surface area contributed by atoms with Gasteiger partial charge in [-0.2, -0.15) is 0 Å². The third kappa shape index (κ3) is 4.24. The highest BCUT2D eigenvalue weighted by Crippen LogP contribution is 2.27. The number of hydrogen-bond acceptors (Lipinski definition) is 6. The van der Waals surface area contributed by atoms with Gasteiger partial charge >= 0.3 is 11.7 Å². The first-order valence-corrected chi connectivity index (χ1v) is 8.26. The zero-order valence-electron chi connectivity index (χ0n) is 14.9. The van der Waals surface area contributed by atoms with Gasteiger partial charge in [0, 0.05) is 11.8 Å². The minimum Gasteiger partial charge on any atom is -0.490 e. The normalized spacial score (nSPS) is 10.3. The van der Waals surface area contributed by atoms with Crippen LogP contribution in [0.2, 0.25) is 0 Å². The number of amides is 1. The Kier molecular flexibility index (Phi) is 5.50. The average Bonchev–Trinajstić information content (AvgIpc) is 2.71. The monoisotopic (exact) mass is 380 g/mol. The Bertz CT molecular complexity index is 1060. The Labute approximate surface area is 159 Å². The maximum atomic E-state index is 12.1. The molecule has 3 aromatic carbocycles. The first-order valence-electron chi connectivity index (χ1n) is 8.26. The van der Waals surface area contributed by atoms with Crippen molar-refractivity contribution in [3.05, 3.63) is 76.3 Å². The van der Waals surface area contributed by atoms with Crippen molar-refractivity contribution in [1.82, 2.24) is 0 Å². The van der Waals surface area contributed by atoms with E-state index in [4.69, 9.17) is 9.47 Å². The molecular weight excluding hydrogens is 364 g/mol. The van der Waals surface area contributed by atoms with Crippen molar-refractivity contribution in [3.63, 3.8) is 0 Å². The van der Waals surface area contributed by atoms with E-state index in [1.165, 1.54) is 19.2 Å². The summed E-state index contributed by atoms with van der Waals surface area (Å²) in [7, 11) is 1.29. The van der Waals surface area contributed by atoms with E-state index in [1.54, 1.807) is 6.07 Å². The number of fused-ring (bicyclic) bond motifs is 1. The molecule has 28 heavy (non-hydrogen) atoms. The van der Waals surface area contributed by atoms with E-state index in [0.29, 0.717) is 5.69 Å². The van der Waals surface area contributed by atoms with Gasteiger partial charge in [-0.05, 0) is 35.0 Å². The smallest absolute Gasteiger partial charge is 0.338 e. The lowest BCUT2D eigenvalue weighted by atomic mass is 10.1. The standard InChI is InChI=1S/C20H16N2O6/c1-27-18-9-7-15(11-17(18)22(25)26)20(24)28-12-19(23)21-16-8-6-13-4-2-3-5-14(13)10-16/h2-11H,12H2,1H3,(H,21,23). The SMILES string of the molecule is COc1ccc(C(=O)OCC(=O)Nc2ccc3ccccc3c2)cc1[N+](=O)[O-].